The van der Waals surface area contributed by atoms with E-state index >= 15 is 0 Å². The van der Waals surface area contributed by atoms with E-state index < -0.39 is 16.9 Å². The second kappa shape index (κ2) is 11.5. The van der Waals surface area contributed by atoms with Gasteiger partial charge in [0.25, 0.3) is 17.5 Å². The number of nitrogens with one attached hydrogen (secondary N) is 3. The number of rotatable bonds is 8. The van der Waals surface area contributed by atoms with Gasteiger partial charge in [-0.2, -0.15) is 0 Å². The fraction of sp³-hybridized carbons (Fsp3) is 0.219. The fourth-order valence-corrected chi connectivity index (χ4v) is 5.56. The molecule has 218 valence electrons. The number of fused-ring (bicyclic) bond motifs is 1. The van der Waals surface area contributed by atoms with Gasteiger partial charge < -0.3 is 15.5 Å². The molecule has 6 rings (SSSR count). The van der Waals surface area contributed by atoms with Crippen molar-refractivity contribution in [1.29, 1.82) is 0 Å². The van der Waals surface area contributed by atoms with E-state index in [0.29, 0.717) is 33.8 Å². The number of amides is 4. The highest BCUT2D eigenvalue weighted by Gasteiger charge is 2.31. The van der Waals surface area contributed by atoms with Gasteiger partial charge >= 0.3 is 6.03 Å². The maximum Gasteiger partial charge on any atom is 0.328 e. The second-order valence-electron chi connectivity index (χ2n) is 10.8. The Hall–Kier alpha value is -5.29. The number of anilines is 2. The summed E-state index contributed by atoms with van der Waals surface area (Å²) in [7, 11) is 1.52. The van der Waals surface area contributed by atoms with Gasteiger partial charge in [0.15, 0.2) is 0 Å². The van der Waals surface area contributed by atoms with Crippen LogP contribution in [0, 0.1) is 10.1 Å². The van der Waals surface area contributed by atoms with Gasteiger partial charge in [-0.15, -0.1) is 0 Å². The molecule has 3 aromatic rings. The number of carbonyl (C=O) groups excluding carboxylic acids is 3. The highest BCUT2D eigenvalue weighted by molar-refractivity contribution is 6.37. The lowest BCUT2D eigenvalue weighted by Gasteiger charge is -2.17. The van der Waals surface area contributed by atoms with Crippen LogP contribution in [0.15, 0.2) is 72.4 Å². The van der Waals surface area contributed by atoms with Gasteiger partial charge in [0.1, 0.15) is 5.70 Å². The lowest BCUT2D eigenvalue weighted by Crippen LogP contribution is -2.24. The molecule has 0 aromatic heterocycles. The van der Waals surface area contributed by atoms with Crippen LogP contribution < -0.4 is 16.0 Å². The largest absolute Gasteiger partial charge is 0.354 e. The average Bonchev–Trinajstić information content (AvgIpc) is 3.70. The SMILES string of the molecule is CN1C(=O)NC(=O)/C1=C/c1ccc(N/C(=C2\C(=O)Nc3ccc([N+](=O)[O-])cc32)c2ccc(CCN3CCCC3)cc2)cc1. The molecule has 0 saturated carbocycles. The third-order valence-electron chi connectivity index (χ3n) is 7.97. The number of hydrogen-bond donors (Lipinski definition) is 3. The van der Waals surface area contributed by atoms with Crippen molar-refractivity contribution in [2.24, 2.45) is 0 Å². The van der Waals surface area contributed by atoms with Crippen LogP contribution in [0.4, 0.5) is 21.9 Å². The van der Waals surface area contributed by atoms with E-state index in [9.17, 15) is 24.5 Å². The van der Waals surface area contributed by atoms with Crippen LogP contribution >= 0.6 is 0 Å². The zero-order chi connectivity index (χ0) is 30.1. The molecule has 2 fully saturated rings. The van der Waals surface area contributed by atoms with Crippen molar-refractivity contribution in [3.05, 3.63) is 105 Å². The summed E-state index contributed by atoms with van der Waals surface area (Å²) in [6.07, 6.45) is 5.02. The van der Waals surface area contributed by atoms with Crippen molar-refractivity contribution in [3.8, 4) is 0 Å². The first-order valence-corrected chi connectivity index (χ1v) is 14.1. The summed E-state index contributed by atoms with van der Waals surface area (Å²) < 4.78 is 0. The number of benzene rings is 3. The number of nitro benzene ring substituents is 1. The minimum atomic E-state index is -0.483. The Labute approximate surface area is 248 Å². The van der Waals surface area contributed by atoms with Gasteiger partial charge in [0, 0.05) is 42.7 Å². The monoisotopic (exact) mass is 578 g/mol. The van der Waals surface area contributed by atoms with Crippen molar-refractivity contribution in [2.75, 3.05) is 37.3 Å². The molecule has 0 radical (unpaired) electrons. The molecule has 0 spiro atoms. The predicted molar refractivity (Wildman–Crippen MR) is 164 cm³/mol. The highest BCUT2D eigenvalue weighted by atomic mass is 16.6. The molecular weight excluding hydrogens is 548 g/mol. The molecule has 0 atom stereocenters. The average molecular weight is 579 g/mol. The highest BCUT2D eigenvalue weighted by Crippen LogP contribution is 2.39. The fourth-order valence-electron chi connectivity index (χ4n) is 5.56. The summed E-state index contributed by atoms with van der Waals surface area (Å²) in [6, 6.07) is 19.0. The summed E-state index contributed by atoms with van der Waals surface area (Å²) in [5.41, 5.74) is 5.19. The summed E-state index contributed by atoms with van der Waals surface area (Å²) in [5.74, 6) is -0.831. The smallest absolute Gasteiger partial charge is 0.328 e. The number of urea groups is 1. The number of nitro groups is 1. The lowest BCUT2D eigenvalue weighted by atomic mass is 9.98. The molecule has 3 aliphatic heterocycles. The second-order valence-corrected chi connectivity index (χ2v) is 10.8. The predicted octanol–water partition coefficient (Wildman–Crippen LogP) is 4.69. The van der Waals surface area contributed by atoms with Gasteiger partial charge in [0.05, 0.1) is 16.2 Å². The maximum atomic E-state index is 13.3. The van der Waals surface area contributed by atoms with Crippen LogP contribution in [0.3, 0.4) is 0 Å². The Morgan fingerprint density at radius 2 is 1.67 bits per heavy atom. The first kappa shape index (κ1) is 27.9. The number of nitrogens with zero attached hydrogens (tertiary/aromatic N) is 3. The Kier molecular flexibility index (Phi) is 7.47. The van der Waals surface area contributed by atoms with Gasteiger partial charge in [-0.1, -0.05) is 36.4 Å². The summed E-state index contributed by atoms with van der Waals surface area (Å²) in [6.45, 7) is 3.27. The molecule has 3 N–H and O–H groups in total. The van der Waals surface area contributed by atoms with E-state index in [1.54, 1.807) is 36.4 Å². The van der Waals surface area contributed by atoms with Gasteiger partial charge in [-0.05, 0) is 73.3 Å². The van der Waals surface area contributed by atoms with Crippen LogP contribution in [0.25, 0.3) is 17.3 Å². The molecule has 4 amide bonds. The molecular formula is C32H30N6O5. The number of likely N-dealkylation sites (tertiary alicyclic amines) is 1. The molecule has 11 nitrogen and oxygen atoms in total. The maximum absolute atomic E-state index is 13.3. The third kappa shape index (κ3) is 5.75. The standard InChI is InChI=1S/C32H30N6O5/c1-36-27(30(39)35-32(36)41)18-21-6-10-23(11-7-21)33-29(22-8-4-20(5-9-22)14-17-37-15-2-3-16-37)28-25-19-24(38(42)43)12-13-26(25)34-31(28)40/h4-13,18-19,33H,2-3,14-17H2,1H3,(H,34,40)(H,35,39,41)/b27-18-,29-28-. The number of hydrogen-bond acceptors (Lipinski definition) is 7. The number of imide groups is 1. The van der Waals surface area contributed by atoms with Crippen LogP contribution in [-0.4, -0.2) is 59.3 Å². The zero-order valence-electron chi connectivity index (χ0n) is 23.6. The molecule has 2 saturated heterocycles. The first-order chi connectivity index (χ1) is 20.8. The van der Waals surface area contributed by atoms with Gasteiger partial charge in [0.2, 0.25) is 0 Å². The summed E-state index contributed by atoms with van der Waals surface area (Å²) in [5, 5.41) is 20.0. The van der Waals surface area contributed by atoms with E-state index in [4.69, 9.17) is 0 Å². The summed E-state index contributed by atoms with van der Waals surface area (Å²) >= 11 is 0. The Bertz CT molecular complexity index is 1690. The van der Waals surface area contributed by atoms with E-state index in [2.05, 4.69) is 33.0 Å². The van der Waals surface area contributed by atoms with Crippen molar-refractivity contribution >= 4 is 52.3 Å². The van der Waals surface area contributed by atoms with Crippen LogP contribution in [0.2, 0.25) is 0 Å². The van der Waals surface area contributed by atoms with Gasteiger partial charge in [-0.3, -0.25) is 29.9 Å². The topological polar surface area (TPSA) is 137 Å². The summed E-state index contributed by atoms with van der Waals surface area (Å²) in [4.78, 5) is 52.0. The number of non-ortho nitro benzene ring substituents is 1. The first-order valence-electron chi connectivity index (χ1n) is 14.1. The van der Waals surface area contributed by atoms with Crippen molar-refractivity contribution in [1.82, 2.24) is 15.1 Å². The molecule has 3 heterocycles. The van der Waals surface area contributed by atoms with Crippen LogP contribution in [0.5, 0.6) is 0 Å². The van der Waals surface area contributed by atoms with E-state index in [0.717, 1.165) is 31.6 Å². The number of likely N-dealkylation sites (N-methyl/N-ethyl adjacent to an activating group) is 1. The molecule has 3 aromatic carbocycles. The lowest BCUT2D eigenvalue weighted by molar-refractivity contribution is -0.384. The number of carbonyl (C=O) groups is 3. The molecule has 0 unspecified atom stereocenters. The quantitative estimate of drug-likeness (QED) is 0.153. The molecule has 43 heavy (non-hydrogen) atoms. The van der Waals surface area contributed by atoms with Crippen LogP contribution in [-0.2, 0) is 16.0 Å². The molecule has 11 heteroatoms. The Balaban J connectivity index is 1.34. The van der Waals surface area contributed by atoms with Crippen molar-refractivity contribution in [3.63, 3.8) is 0 Å². The van der Waals surface area contributed by atoms with Gasteiger partial charge in [-0.25, -0.2) is 4.79 Å². The van der Waals surface area contributed by atoms with E-state index in [1.165, 1.54) is 42.5 Å². The minimum Gasteiger partial charge on any atom is -0.354 e. The van der Waals surface area contributed by atoms with Crippen molar-refractivity contribution in [2.45, 2.75) is 19.3 Å². The zero-order valence-corrected chi connectivity index (χ0v) is 23.6. The van der Waals surface area contributed by atoms with E-state index in [1.807, 2.05) is 12.1 Å². The molecule has 0 bridgehead atoms. The van der Waals surface area contributed by atoms with Crippen LogP contribution in [0.1, 0.15) is 35.1 Å². The molecule has 3 aliphatic rings. The van der Waals surface area contributed by atoms with E-state index in [-0.39, 0.29) is 17.3 Å². The Morgan fingerprint density at radius 1 is 0.953 bits per heavy atom. The molecule has 0 aliphatic carbocycles. The Morgan fingerprint density at radius 3 is 2.33 bits per heavy atom. The third-order valence-corrected chi connectivity index (χ3v) is 7.97. The minimum absolute atomic E-state index is 0.110. The normalized spacial score (nSPS) is 18.6. The van der Waals surface area contributed by atoms with Crippen molar-refractivity contribution < 1.29 is 19.3 Å².